The van der Waals surface area contributed by atoms with Crippen molar-refractivity contribution in [3.05, 3.63) is 35.9 Å². The van der Waals surface area contributed by atoms with E-state index in [0.717, 1.165) is 24.8 Å². The largest absolute Gasteiger partial charge is 0.459 e. The van der Waals surface area contributed by atoms with E-state index < -0.39 is 53.5 Å². The van der Waals surface area contributed by atoms with E-state index in [9.17, 15) is 23.2 Å². The smallest absolute Gasteiger partial charge is 0.329 e. The van der Waals surface area contributed by atoms with E-state index >= 15 is 0 Å². The third-order valence-electron chi connectivity index (χ3n) is 7.18. The van der Waals surface area contributed by atoms with Gasteiger partial charge in [-0.2, -0.15) is 0 Å². The number of ether oxygens (including phenoxy) is 1. The van der Waals surface area contributed by atoms with Gasteiger partial charge in [0, 0.05) is 13.0 Å². The molecule has 1 aromatic carbocycles. The highest BCUT2D eigenvalue weighted by atomic mass is 19.3. The van der Waals surface area contributed by atoms with Crippen LogP contribution in [0.2, 0.25) is 0 Å². The molecule has 1 saturated heterocycles. The summed E-state index contributed by atoms with van der Waals surface area (Å²) in [5.74, 6) is -5.85. The Labute approximate surface area is 193 Å². The molecule has 180 valence electrons. The van der Waals surface area contributed by atoms with E-state index in [4.69, 9.17) is 4.74 Å². The van der Waals surface area contributed by atoms with Gasteiger partial charge in [0.25, 0.3) is 5.92 Å². The summed E-state index contributed by atoms with van der Waals surface area (Å²) in [4.78, 5) is 40.8. The first-order valence-corrected chi connectivity index (χ1v) is 11.7. The number of carbonyl (C=O) groups is 3. The molecule has 1 aromatic rings. The lowest BCUT2D eigenvalue weighted by molar-refractivity contribution is -0.157. The van der Waals surface area contributed by atoms with Gasteiger partial charge in [-0.25, -0.2) is 13.6 Å². The minimum absolute atomic E-state index is 0.0151. The van der Waals surface area contributed by atoms with Crippen LogP contribution >= 0.6 is 0 Å². The average Bonchev–Trinajstić information content (AvgIpc) is 3.06. The van der Waals surface area contributed by atoms with E-state index in [1.54, 1.807) is 20.8 Å². The van der Waals surface area contributed by atoms with Crippen molar-refractivity contribution in [1.82, 2.24) is 10.2 Å². The monoisotopic (exact) mass is 462 g/mol. The van der Waals surface area contributed by atoms with Crippen molar-refractivity contribution in [1.29, 1.82) is 0 Å². The first-order chi connectivity index (χ1) is 15.5. The van der Waals surface area contributed by atoms with Crippen LogP contribution in [0.1, 0.15) is 52.0 Å². The number of nitrogens with one attached hydrogen (secondary N) is 1. The fourth-order valence-electron chi connectivity index (χ4n) is 5.20. The molecule has 1 heterocycles. The molecule has 1 unspecified atom stereocenters. The number of hydrogen-bond donors (Lipinski definition) is 1. The average molecular weight is 463 g/mol. The maximum absolute atomic E-state index is 13.7. The topological polar surface area (TPSA) is 75.7 Å². The number of esters is 1. The Hall–Kier alpha value is -2.51. The minimum Gasteiger partial charge on any atom is -0.459 e. The molecule has 2 amide bonds. The zero-order valence-corrected chi connectivity index (χ0v) is 19.4. The second-order valence-electron chi connectivity index (χ2n) is 10.7. The van der Waals surface area contributed by atoms with Crippen LogP contribution in [0.5, 0.6) is 0 Å². The molecule has 3 fully saturated rings. The van der Waals surface area contributed by atoms with Gasteiger partial charge in [0.15, 0.2) is 0 Å². The number of hydrogen-bond acceptors (Lipinski definition) is 4. The summed E-state index contributed by atoms with van der Waals surface area (Å²) in [5.41, 5.74) is 0.141. The first-order valence-electron chi connectivity index (χ1n) is 11.7. The summed E-state index contributed by atoms with van der Waals surface area (Å²) in [6.07, 6.45) is 2.26. The molecule has 2 aliphatic carbocycles. The van der Waals surface area contributed by atoms with Crippen LogP contribution in [0.3, 0.4) is 0 Å². The van der Waals surface area contributed by atoms with Crippen molar-refractivity contribution in [3.8, 4) is 0 Å². The SMILES string of the molecule is CC(C)(C)[C@H](NC(=O)C1CC1(F)F)C(=O)N1C[C@@H]2CCC[C@@H]2[C@H]1C(=O)OCc1ccccc1. The van der Waals surface area contributed by atoms with Crippen molar-refractivity contribution in [2.75, 3.05) is 6.54 Å². The van der Waals surface area contributed by atoms with Gasteiger partial charge >= 0.3 is 5.97 Å². The number of nitrogens with zero attached hydrogens (tertiary/aromatic N) is 1. The van der Waals surface area contributed by atoms with Crippen LogP contribution < -0.4 is 5.32 Å². The maximum Gasteiger partial charge on any atom is 0.329 e. The molecule has 0 aromatic heterocycles. The molecule has 8 heteroatoms. The Kier molecular flexibility index (Phi) is 6.22. The fourth-order valence-corrected chi connectivity index (χ4v) is 5.20. The van der Waals surface area contributed by atoms with Crippen LogP contribution in [0.4, 0.5) is 8.78 Å². The lowest BCUT2D eigenvalue weighted by Gasteiger charge is -2.36. The number of halogens is 2. The van der Waals surface area contributed by atoms with Crippen LogP contribution in [-0.4, -0.2) is 47.2 Å². The highest BCUT2D eigenvalue weighted by molar-refractivity contribution is 5.93. The molecule has 2 saturated carbocycles. The molecule has 6 nitrogen and oxygen atoms in total. The van der Waals surface area contributed by atoms with Crippen molar-refractivity contribution >= 4 is 17.8 Å². The molecule has 0 bridgehead atoms. The summed E-state index contributed by atoms with van der Waals surface area (Å²) in [6.45, 7) is 5.87. The first kappa shape index (κ1) is 23.6. The highest BCUT2D eigenvalue weighted by Gasteiger charge is 2.62. The molecule has 0 spiro atoms. The predicted molar refractivity (Wildman–Crippen MR) is 117 cm³/mol. The van der Waals surface area contributed by atoms with Crippen molar-refractivity contribution < 1.29 is 27.9 Å². The van der Waals surface area contributed by atoms with Crippen molar-refractivity contribution in [2.45, 2.75) is 71.1 Å². The van der Waals surface area contributed by atoms with Crippen LogP contribution in [0.15, 0.2) is 30.3 Å². The van der Waals surface area contributed by atoms with Crippen LogP contribution in [0.25, 0.3) is 0 Å². The van der Waals surface area contributed by atoms with Gasteiger partial charge in [-0.15, -0.1) is 0 Å². The van der Waals surface area contributed by atoms with Crippen molar-refractivity contribution in [3.63, 3.8) is 0 Å². The van der Waals surface area contributed by atoms with E-state index in [0.29, 0.717) is 6.54 Å². The highest BCUT2D eigenvalue weighted by Crippen LogP contribution is 2.49. The quantitative estimate of drug-likeness (QED) is 0.656. The fraction of sp³-hybridized carbons (Fsp3) is 0.640. The molecule has 5 atom stereocenters. The molecule has 4 rings (SSSR count). The van der Waals surface area contributed by atoms with Gasteiger partial charge in [0.05, 0.1) is 0 Å². The molecule has 33 heavy (non-hydrogen) atoms. The van der Waals surface area contributed by atoms with Gasteiger partial charge in [0.2, 0.25) is 11.8 Å². The number of rotatable bonds is 6. The van der Waals surface area contributed by atoms with Crippen LogP contribution in [0, 0.1) is 23.2 Å². The number of carbonyl (C=O) groups excluding carboxylic acids is 3. The summed E-state index contributed by atoms with van der Waals surface area (Å²) >= 11 is 0. The molecule has 3 aliphatic rings. The summed E-state index contributed by atoms with van der Waals surface area (Å²) < 4.78 is 32.5. The number of fused-ring (bicyclic) bond motifs is 1. The normalized spacial score (nSPS) is 28.7. The predicted octanol–water partition coefficient (Wildman–Crippen LogP) is 3.54. The Morgan fingerprint density at radius 3 is 2.45 bits per heavy atom. The second kappa shape index (κ2) is 8.69. The molecular formula is C25H32F2N2O4. The number of benzene rings is 1. The van der Waals surface area contributed by atoms with Crippen LogP contribution in [-0.2, 0) is 25.7 Å². The standard InChI is InChI=1S/C25H32F2N2O4/c1-24(2,3)20(28-21(30)18-12-25(18,26)27)22(31)29-13-16-10-7-11-17(16)19(29)23(32)33-14-15-8-5-4-6-9-15/h4-6,8-9,16-20H,7,10-14H2,1-3H3,(H,28,30)/t16-,17-,18?,19-,20+/m0/s1. The molecule has 1 aliphatic heterocycles. The zero-order valence-electron chi connectivity index (χ0n) is 19.4. The van der Waals surface area contributed by atoms with Gasteiger partial charge < -0.3 is 15.0 Å². The third-order valence-corrected chi connectivity index (χ3v) is 7.18. The van der Waals surface area contributed by atoms with Crippen molar-refractivity contribution in [2.24, 2.45) is 23.2 Å². The Morgan fingerprint density at radius 2 is 1.85 bits per heavy atom. The lowest BCUT2D eigenvalue weighted by Crippen LogP contribution is -2.57. The van der Waals surface area contributed by atoms with E-state index in [2.05, 4.69) is 5.32 Å². The van der Waals surface area contributed by atoms with Gasteiger partial charge in [-0.05, 0) is 35.7 Å². The second-order valence-corrected chi connectivity index (χ2v) is 10.7. The number of alkyl halides is 2. The van der Waals surface area contributed by atoms with Gasteiger partial charge in [-0.3, -0.25) is 9.59 Å². The third kappa shape index (κ3) is 4.89. The Balaban J connectivity index is 1.51. The minimum atomic E-state index is -3.01. The van der Waals surface area contributed by atoms with E-state index in [-0.39, 0.29) is 18.4 Å². The zero-order chi connectivity index (χ0) is 24.0. The van der Waals surface area contributed by atoms with Gasteiger partial charge in [-0.1, -0.05) is 57.5 Å². The summed E-state index contributed by atoms with van der Waals surface area (Å²) in [5, 5.41) is 2.57. The molecule has 0 radical (unpaired) electrons. The molecular weight excluding hydrogens is 430 g/mol. The van der Waals surface area contributed by atoms with Gasteiger partial charge in [0.1, 0.15) is 24.6 Å². The summed E-state index contributed by atoms with van der Waals surface area (Å²) in [6, 6.07) is 7.60. The maximum atomic E-state index is 13.7. The Bertz CT molecular complexity index is 915. The van der Waals surface area contributed by atoms with E-state index in [1.165, 1.54) is 4.90 Å². The molecule has 1 N–H and O–H groups in total. The number of amides is 2. The lowest BCUT2D eigenvalue weighted by atomic mass is 9.85. The van der Waals surface area contributed by atoms with E-state index in [1.807, 2.05) is 30.3 Å². The Morgan fingerprint density at radius 1 is 1.18 bits per heavy atom. The number of likely N-dealkylation sites (tertiary alicyclic amines) is 1. The summed E-state index contributed by atoms with van der Waals surface area (Å²) in [7, 11) is 0.